The largest absolute Gasteiger partial charge is 0.449 e. The van der Waals surface area contributed by atoms with Crippen LogP contribution in [0.4, 0.5) is 10.5 Å². The van der Waals surface area contributed by atoms with Gasteiger partial charge in [0, 0.05) is 35.8 Å². The molecule has 4 aromatic rings. The maximum absolute atomic E-state index is 13.5. The third-order valence-corrected chi connectivity index (χ3v) is 7.14. The van der Waals surface area contributed by atoms with Crippen LogP contribution < -0.4 is 16.0 Å². The Hall–Kier alpha value is -4.10. The fourth-order valence-corrected chi connectivity index (χ4v) is 5.14. The van der Waals surface area contributed by atoms with E-state index >= 15 is 0 Å². The normalized spacial score (nSPS) is 13.1. The molecule has 0 spiro atoms. The van der Waals surface area contributed by atoms with E-state index in [4.69, 9.17) is 10.5 Å². The van der Waals surface area contributed by atoms with Gasteiger partial charge in [0.15, 0.2) is 0 Å². The highest BCUT2D eigenvalue weighted by Gasteiger charge is 2.30. The molecule has 1 unspecified atom stereocenters. The van der Waals surface area contributed by atoms with E-state index < -0.39 is 12.1 Å². The van der Waals surface area contributed by atoms with E-state index in [2.05, 4.69) is 34.6 Å². The number of hydrogen-bond donors (Lipinski definition) is 3. The third kappa shape index (κ3) is 5.08. The monoisotopic (exact) mass is 496 g/mol. The standard InChI is InChI=1S/C30H32N4O3/c1-34(21-13-14-27-20(18-21)15-17-32-27)29(35)28(12-6-7-16-31)33-30(36)37-19-26-24-10-4-2-8-22(24)23-9-3-5-11-25(23)26/h2-5,8-11,13-15,17-18,26,28,32H,6-7,12,16,19,31H2,1H3,(H,33,36). The number of carbonyl (C=O) groups is 2. The average molecular weight is 497 g/mol. The molecule has 0 bridgehead atoms. The minimum atomic E-state index is -0.714. The zero-order chi connectivity index (χ0) is 25.8. The van der Waals surface area contributed by atoms with E-state index in [1.54, 1.807) is 11.9 Å². The minimum absolute atomic E-state index is 0.0414. The van der Waals surface area contributed by atoms with Crippen molar-refractivity contribution in [3.8, 4) is 11.1 Å². The number of aromatic nitrogens is 1. The lowest BCUT2D eigenvalue weighted by Gasteiger charge is -2.25. The molecule has 0 radical (unpaired) electrons. The van der Waals surface area contributed by atoms with Gasteiger partial charge in [0.25, 0.3) is 0 Å². The summed E-state index contributed by atoms with van der Waals surface area (Å²) < 4.78 is 5.71. The van der Waals surface area contributed by atoms with Crippen LogP contribution in [0.2, 0.25) is 0 Å². The number of nitrogens with two attached hydrogens (primary N) is 1. The van der Waals surface area contributed by atoms with Crippen molar-refractivity contribution in [2.75, 3.05) is 25.1 Å². The number of hydrogen-bond acceptors (Lipinski definition) is 4. The first-order valence-corrected chi connectivity index (χ1v) is 12.7. The Morgan fingerprint density at radius 2 is 1.70 bits per heavy atom. The molecule has 1 atom stereocenters. The summed E-state index contributed by atoms with van der Waals surface area (Å²) in [4.78, 5) is 31.1. The van der Waals surface area contributed by atoms with Crippen LogP contribution in [0.5, 0.6) is 0 Å². The lowest BCUT2D eigenvalue weighted by molar-refractivity contribution is -0.120. The summed E-state index contributed by atoms with van der Waals surface area (Å²) >= 11 is 0. The fraction of sp³-hybridized carbons (Fsp3) is 0.267. The number of unbranched alkanes of at least 4 members (excludes halogenated alkanes) is 1. The SMILES string of the molecule is CN(C(=O)C(CCCCN)NC(=O)OCC1c2ccccc2-c2ccccc21)c1ccc2[nH]ccc2c1. The molecule has 0 aliphatic heterocycles. The first-order valence-electron chi connectivity index (χ1n) is 12.7. The van der Waals surface area contributed by atoms with Crippen LogP contribution in [0.25, 0.3) is 22.0 Å². The second-order valence-corrected chi connectivity index (χ2v) is 9.45. The van der Waals surface area contributed by atoms with Crippen molar-refractivity contribution in [1.82, 2.24) is 10.3 Å². The Morgan fingerprint density at radius 1 is 1.00 bits per heavy atom. The van der Waals surface area contributed by atoms with Gasteiger partial charge in [0.2, 0.25) is 5.91 Å². The molecule has 7 nitrogen and oxygen atoms in total. The molecule has 1 heterocycles. The molecule has 0 saturated carbocycles. The minimum Gasteiger partial charge on any atom is -0.449 e. The highest BCUT2D eigenvalue weighted by molar-refractivity contribution is 5.99. The van der Waals surface area contributed by atoms with Crippen LogP contribution in [-0.4, -0.2) is 43.2 Å². The molecule has 0 saturated heterocycles. The van der Waals surface area contributed by atoms with Gasteiger partial charge < -0.3 is 25.7 Å². The van der Waals surface area contributed by atoms with Crippen LogP contribution in [-0.2, 0) is 9.53 Å². The number of likely N-dealkylation sites (N-methyl/N-ethyl adjacent to an activating group) is 1. The van der Waals surface area contributed by atoms with E-state index in [1.165, 1.54) is 11.1 Å². The number of alkyl carbamates (subject to hydrolysis) is 1. The van der Waals surface area contributed by atoms with Crippen molar-refractivity contribution in [2.24, 2.45) is 5.73 Å². The van der Waals surface area contributed by atoms with Gasteiger partial charge in [0.05, 0.1) is 0 Å². The fourth-order valence-electron chi connectivity index (χ4n) is 5.14. The smallest absolute Gasteiger partial charge is 0.407 e. The van der Waals surface area contributed by atoms with Crippen molar-refractivity contribution < 1.29 is 14.3 Å². The number of fused-ring (bicyclic) bond motifs is 4. The number of aromatic amines is 1. The number of nitrogens with zero attached hydrogens (tertiary/aromatic N) is 1. The van der Waals surface area contributed by atoms with Crippen LogP contribution in [0, 0.1) is 0 Å². The number of anilines is 1. The van der Waals surface area contributed by atoms with Crippen LogP contribution >= 0.6 is 0 Å². The lowest BCUT2D eigenvalue weighted by atomic mass is 9.98. The van der Waals surface area contributed by atoms with E-state index in [0.717, 1.165) is 40.6 Å². The van der Waals surface area contributed by atoms with Gasteiger partial charge in [-0.2, -0.15) is 0 Å². The molecule has 190 valence electrons. The molecule has 4 N–H and O–H groups in total. The summed E-state index contributed by atoms with van der Waals surface area (Å²) in [6.45, 7) is 0.732. The molecule has 1 aliphatic rings. The van der Waals surface area contributed by atoms with Crippen LogP contribution in [0.3, 0.4) is 0 Å². The Balaban J connectivity index is 1.27. The molecule has 1 aliphatic carbocycles. The Labute approximate surface area is 216 Å². The van der Waals surface area contributed by atoms with E-state index in [0.29, 0.717) is 13.0 Å². The van der Waals surface area contributed by atoms with Gasteiger partial charge >= 0.3 is 6.09 Å². The zero-order valence-electron chi connectivity index (χ0n) is 20.9. The van der Waals surface area contributed by atoms with Crippen molar-refractivity contribution in [1.29, 1.82) is 0 Å². The maximum Gasteiger partial charge on any atom is 0.407 e. The number of H-pyrrole nitrogens is 1. The van der Waals surface area contributed by atoms with Crippen LogP contribution in [0.15, 0.2) is 79.0 Å². The molecular formula is C30H32N4O3. The van der Waals surface area contributed by atoms with Gasteiger partial charge in [-0.1, -0.05) is 48.5 Å². The number of ether oxygens (including phenoxy) is 1. The topological polar surface area (TPSA) is 100 Å². The predicted octanol–water partition coefficient (Wildman–Crippen LogP) is 5.17. The lowest BCUT2D eigenvalue weighted by Crippen LogP contribution is -2.48. The van der Waals surface area contributed by atoms with E-state index in [-0.39, 0.29) is 18.4 Å². The quantitative estimate of drug-likeness (QED) is 0.278. The highest BCUT2D eigenvalue weighted by atomic mass is 16.5. The van der Waals surface area contributed by atoms with Gasteiger partial charge in [0.1, 0.15) is 12.6 Å². The zero-order valence-corrected chi connectivity index (χ0v) is 20.9. The van der Waals surface area contributed by atoms with Crippen molar-refractivity contribution in [3.63, 3.8) is 0 Å². The summed E-state index contributed by atoms with van der Waals surface area (Å²) in [5, 5.41) is 3.85. The molecule has 0 fully saturated rings. The average Bonchev–Trinajstić information content (AvgIpc) is 3.53. The predicted molar refractivity (Wildman–Crippen MR) is 147 cm³/mol. The summed E-state index contributed by atoms with van der Waals surface area (Å²) in [5.41, 5.74) is 12.1. The number of amides is 2. The van der Waals surface area contributed by atoms with Crippen molar-refractivity contribution >= 4 is 28.6 Å². The Morgan fingerprint density at radius 3 is 2.41 bits per heavy atom. The number of nitrogens with one attached hydrogen (secondary N) is 2. The summed E-state index contributed by atoms with van der Waals surface area (Å²) in [6, 6.07) is 23.4. The maximum atomic E-state index is 13.5. The van der Waals surface area contributed by atoms with E-state index in [9.17, 15) is 9.59 Å². The van der Waals surface area contributed by atoms with Crippen LogP contribution in [0.1, 0.15) is 36.3 Å². The third-order valence-electron chi connectivity index (χ3n) is 7.14. The first kappa shape index (κ1) is 24.6. The Bertz CT molecular complexity index is 1370. The second kappa shape index (κ2) is 10.9. The molecular weight excluding hydrogens is 464 g/mol. The first-order chi connectivity index (χ1) is 18.1. The van der Waals surface area contributed by atoms with Gasteiger partial charge in [-0.05, 0) is 72.3 Å². The molecule has 37 heavy (non-hydrogen) atoms. The molecule has 7 heteroatoms. The molecule has 2 amide bonds. The number of rotatable bonds is 9. The van der Waals surface area contributed by atoms with E-state index in [1.807, 2.05) is 54.7 Å². The van der Waals surface area contributed by atoms with Gasteiger partial charge in [-0.25, -0.2) is 4.79 Å². The van der Waals surface area contributed by atoms with Crippen molar-refractivity contribution in [3.05, 3.63) is 90.1 Å². The van der Waals surface area contributed by atoms with Gasteiger partial charge in [-0.3, -0.25) is 4.79 Å². The van der Waals surface area contributed by atoms with Crippen molar-refractivity contribution in [2.45, 2.75) is 31.2 Å². The number of carbonyl (C=O) groups excluding carboxylic acids is 2. The Kier molecular flexibility index (Phi) is 7.23. The highest BCUT2D eigenvalue weighted by Crippen LogP contribution is 2.44. The molecule has 3 aromatic carbocycles. The molecule has 5 rings (SSSR count). The summed E-state index contributed by atoms with van der Waals surface area (Å²) in [5.74, 6) is -0.235. The summed E-state index contributed by atoms with van der Waals surface area (Å²) in [6.07, 6.45) is 3.25. The number of benzene rings is 3. The van der Waals surface area contributed by atoms with Gasteiger partial charge in [-0.15, -0.1) is 0 Å². The molecule has 1 aromatic heterocycles. The summed E-state index contributed by atoms with van der Waals surface area (Å²) in [7, 11) is 1.73. The second-order valence-electron chi connectivity index (χ2n) is 9.45.